The molecule has 3 aromatic rings. The highest BCUT2D eigenvalue weighted by atomic mass is 35.5. The average Bonchev–Trinajstić information content (AvgIpc) is 3.29. The Hall–Kier alpha value is -3.25. The summed E-state index contributed by atoms with van der Waals surface area (Å²) in [5.74, 6) is 0.713. The molecule has 0 aliphatic heterocycles. The predicted molar refractivity (Wildman–Crippen MR) is 144 cm³/mol. The third kappa shape index (κ3) is 7.14. The van der Waals surface area contributed by atoms with Crippen LogP contribution in [0.15, 0.2) is 66.9 Å². The molecule has 0 aliphatic rings. The summed E-state index contributed by atoms with van der Waals surface area (Å²) in [6.07, 6.45) is 2.00. The van der Waals surface area contributed by atoms with Gasteiger partial charge in [0.25, 0.3) is 5.91 Å². The number of carbonyl (C=O) groups excluding carboxylic acids is 2. The van der Waals surface area contributed by atoms with Crippen molar-refractivity contribution >= 4 is 23.4 Å². The van der Waals surface area contributed by atoms with E-state index in [1.54, 1.807) is 36.3 Å². The summed E-state index contributed by atoms with van der Waals surface area (Å²) in [5, 5.41) is 0.719. The van der Waals surface area contributed by atoms with Crippen molar-refractivity contribution in [3.05, 3.63) is 88.7 Å². The molecule has 0 N–H and O–H groups in total. The van der Waals surface area contributed by atoms with Gasteiger partial charge in [-0.15, -0.1) is 0 Å². The second-order valence-corrected chi connectivity index (χ2v) is 10.0. The fourth-order valence-electron chi connectivity index (χ4n) is 4.08. The number of aromatic nitrogens is 1. The largest absolute Gasteiger partial charge is 0.497 e. The van der Waals surface area contributed by atoms with Crippen LogP contribution >= 0.6 is 11.6 Å². The van der Waals surface area contributed by atoms with Gasteiger partial charge in [-0.1, -0.05) is 43.6 Å². The lowest BCUT2D eigenvalue weighted by Gasteiger charge is -2.31. The molecule has 0 aliphatic carbocycles. The van der Waals surface area contributed by atoms with Crippen LogP contribution in [0.25, 0.3) is 0 Å². The van der Waals surface area contributed by atoms with E-state index in [0.717, 1.165) is 16.3 Å². The smallest absolute Gasteiger partial charge is 0.254 e. The summed E-state index contributed by atoms with van der Waals surface area (Å²) >= 11 is 6.38. The number of amides is 2. The Morgan fingerprint density at radius 3 is 2.28 bits per heavy atom. The van der Waals surface area contributed by atoms with Crippen molar-refractivity contribution in [2.24, 2.45) is 5.92 Å². The number of nitrogens with zero attached hydrogens (tertiary/aromatic N) is 3. The molecule has 3 rings (SSSR count). The van der Waals surface area contributed by atoms with E-state index in [2.05, 4.69) is 18.4 Å². The molecule has 2 amide bonds. The van der Waals surface area contributed by atoms with Crippen molar-refractivity contribution in [1.82, 2.24) is 14.4 Å². The number of halogens is 1. The molecule has 6 nitrogen and oxygen atoms in total. The molecule has 0 radical (unpaired) electrons. The van der Waals surface area contributed by atoms with E-state index in [0.29, 0.717) is 30.9 Å². The van der Waals surface area contributed by atoms with Crippen LogP contribution in [0.3, 0.4) is 0 Å². The highest BCUT2D eigenvalue weighted by Crippen LogP contribution is 2.19. The van der Waals surface area contributed by atoms with Gasteiger partial charge in [0.2, 0.25) is 5.91 Å². The first-order valence-corrected chi connectivity index (χ1v) is 12.7. The summed E-state index contributed by atoms with van der Waals surface area (Å²) in [6, 6.07) is 18.6. The predicted octanol–water partition coefficient (Wildman–Crippen LogP) is 5.73. The molecule has 0 atom stereocenters. The molecule has 0 fully saturated rings. The number of ether oxygens (including phenoxy) is 1. The van der Waals surface area contributed by atoms with E-state index in [1.807, 2.05) is 61.3 Å². The Morgan fingerprint density at radius 1 is 0.972 bits per heavy atom. The molecule has 0 saturated carbocycles. The standard InChI is InChI=1S/C29H36ClN3O3/c1-21(2)17-32(19-25-10-8-16-31(25)18-24-9-6-7-11-27(24)30)28(34)20-33(22(3)4)29(35)23-12-14-26(36-5)15-13-23/h6-16,21-22H,17-20H2,1-5H3. The summed E-state index contributed by atoms with van der Waals surface area (Å²) in [4.78, 5) is 30.3. The van der Waals surface area contributed by atoms with Crippen molar-refractivity contribution in [1.29, 1.82) is 0 Å². The maximum Gasteiger partial charge on any atom is 0.254 e. The second-order valence-electron chi connectivity index (χ2n) is 9.64. The summed E-state index contributed by atoms with van der Waals surface area (Å²) in [6.45, 7) is 9.72. The van der Waals surface area contributed by atoms with Gasteiger partial charge >= 0.3 is 0 Å². The van der Waals surface area contributed by atoms with E-state index < -0.39 is 0 Å². The number of carbonyl (C=O) groups is 2. The monoisotopic (exact) mass is 509 g/mol. The van der Waals surface area contributed by atoms with Gasteiger partial charge in [-0.3, -0.25) is 9.59 Å². The van der Waals surface area contributed by atoms with Gasteiger partial charge in [-0.05, 0) is 67.8 Å². The van der Waals surface area contributed by atoms with Crippen molar-refractivity contribution < 1.29 is 14.3 Å². The number of benzene rings is 2. The SMILES string of the molecule is COc1ccc(C(=O)N(CC(=O)N(Cc2cccn2Cc2ccccc2Cl)CC(C)C)C(C)C)cc1. The van der Waals surface area contributed by atoms with Gasteiger partial charge in [0.05, 0.1) is 13.7 Å². The third-order valence-electron chi connectivity index (χ3n) is 6.04. The lowest BCUT2D eigenvalue weighted by atomic mass is 10.1. The van der Waals surface area contributed by atoms with Crippen LogP contribution in [0.4, 0.5) is 0 Å². The zero-order valence-electron chi connectivity index (χ0n) is 21.8. The van der Waals surface area contributed by atoms with Gasteiger partial charge in [0.1, 0.15) is 12.3 Å². The zero-order valence-corrected chi connectivity index (χ0v) is 22.5. The maximum atomic E-state index is 13.6. The van der Waals surface area contributed by atoms with Crippen molar-refractivity contribution in [3.8, 4) is 5.75 Å². The highest BCUT2D eigenvalue weighted by Gasteiger charge is 2.25. The molecule has 0 unspecified atom stereocenters. The zero-order chi connectivity index (χ0) is 26.2. The lowest BCUT2D eigenvalue weighted by molar-refractivity contribution is -0.133. The normalized spacial score (nSPS) is 11.1. The molecule has 192 valence electrons. The van der Waals surface area contributed by atoms with Crippen LogP contribution in [-0.2, 0) is 17.9 Å². The van der Waals surface area contributed by atoms with Crippen LogP contribution in [-0.4, -0.2) is 52.4 Å². The van der Waals surface area contributed by atoms with E-state index in [4.69, 9.17) is 16.3 Å². The number of hydrogen-bond donors (Lipinski definition) is 0. The van der Waals surface area contributed by atoms with Crippen molar-refractivity contribution in [3.63, 3.8) is 0 Å². The van der Waals surface area contributed by atoms with E-state index in [-0.39, 0.29) is 30.3 Å². The Kier molecular flexibility index (Phi) is 9.59. The van der Waals surface area contributed by atoms with Crippen molar-refractivity contribution in [2.75, 3.05) is 20.2 Å². The minimum absolute atomic E-state index is 0.0144. The van der Waals surface area contributed by atoms with Gasteiger partial charge < -0.3 is 19.1 Å². The van der Waals surface area contributed by atoms with Gasteiger partial charge in [-0.2, -0.15) is 0 Å². The summed E-state index contributed by atoms with van der Waals surface area (Å²) < 4.78 is 7.31. The van der Waals surface area contributed by atoms with Crippen LogP contribution in [0, 0.1) is 5.92 Å². The minimum atomic E-state index is -0.174. The first-order chi connectivity index (χ1) is 17.2. The molecular weight excluding hydrogens is 474 g/mol. The molecule has 0 bridgehead atoms. The number of hydrogen-bond acceptors (Lipinski definition) is 3. The molecule has 1 heterocycles. The van der Waals surface area contributed by atoms with Crippen LogP contribution in [0.1, 0.15) is 49.3 Å². The molecule has 36 heavy (non-hydrogen) atoms. The van der Waals surface area contributed by atoms with E-state index in [1.165, 1.54) is 0 Å². The van der Waals surface area contributed by atoms with Crippen molar-refractivity contribution in [2.45, 2.75) is 46.8 Å². The molecule has 0 spiro atoms. The van der Waals surface area contributed by atoms with Gasteiger partial charge in [0, 0.05) is 41.6 Å². The van der Waals surface area contributed by atoms with E-state index in [9.17, 15) is 9.59 Å². The van der Waals surface area contributed by atoms with Gasteiger partial charge in [0.15, 0.2) is 0 Å². The Labute approximate surface area is 219 Å². The molecular formula is C29H36ClN3O3. The quantitative estimate of drug-likeness (QED) is 0.331. The Bertz CT molecular complexity index is 1150. The lowest BCUT2D eigenvalue weighted by Crippen LogP contribution is -2.46. The van der Waals surface area contributed by atoms with Crippen LogP contribution in [0.2, 0.25) is 5.02 Å². The average molecular weight is 510 g/mol. The minimum Gasteiger partial charge on any atom is -0.497 e. The molecule has 1 aromatic heterocycles. The second kappa shape index (κ2) is 12.6. The van der Waals surface area contributed by atoms with Crippen LogP contribution < -0.4 is 4.74 Å². The fraction of sp³-hybridized carbons (Fsp3) is 0.379. The Balaban J connectivity index is 1.78. The van der Waals surface area contributed by atoms with Crippen LogP contribution in [0.5, 0.6) is 5.75 Å². The maximum absolute atomic E-state index is 13.6. The van der Waals surface area contributed by atoms with Gasteiger partial charge in [-0.25, -0.2) is 0 Å². The first kappa shape index (κ1) is 27.3. The summed E-state index contributed by atoms with van der Waals surface area (Å²) in [7, 11) is 1.59. The molecule has 7 heteroatoms. The number of rotatable bonds is 11. The summed E-state index contributed by atoms with van der Waals surface area (Å²) in [5.41, 5.74) is 2.57. The Morgan fingerprint density at radius 2 is 1.67 bits per heavy atom. The fourth-order valence-corrected chi connectivity index (χ4v) is 4.28. The topological polar surface area (TPSA) is 54.8 Å². The molecule has 0 saturated heterocycles. The first-order valence-electron chi connectivity index (χ1n) is 12.3. The van der Waals surface area contributed by atoms with E-state index >= 15 is 0 Å². The molecule has 2 aromatic carbocycles. The highest BCUT2D eigenvalue weighted by molar-refractivity contribution is 6.31. The third-order valence-corrected chi connectivity index (χ3v) is 6.41. The number of methoxy groups -OCH3 is 1.